The number of carbonyl (C=O) groups is 5. The molecule has 4 heterocycles. The number of Topliss-reactive ketones (excluding diaryl/α,β-unsaturated/α-hetero) is 1. The molecule has 0 spiro atoms. The van der Waals surface area contributed by atoms with Gasteiger partial charge in [-0.05, 0) is 62.0 Å². The second kappa shape index (κ2) is 17.6. The van der Waals surface area contributed by atoms with Gasteiger partial charge in [-0.2, -0.15) is 8.78 Å². The molecule has 5 rings (SSSR count). The van der Waals surface area contributed by atoms with Crippen molar-refractivity contribution >= 4 is 38.7 Å². The highest BCUT2D eigenvalue weighted by atomic mass is 31.0. The number of fused-ring (bicyclic) bond motifs is 1. The first-order chi connectivity index (χ1) is 26.3. The Labute approximate surface area is 324 Å². The van der Waals surface area contributed by atoms with E-state index in [1.807, 2.05) is 13.8 Å². The minimum atomic E-state index is -3.33. The number of amides is 4. The van der Waals surface area contributed by atoms with Crippen LogP contribution in [0.5, 0.6) is 0 Å². The molecule has 13 nitrogen and oxygen atoms in total. The number of carbonyl (C=O) groups excluding carboxylic acids is 5. The molecular weight excluding hydrogens is 762 g/mol. The van der Waals surface area contributed by atoms with Crippen molar-refractivity contribution in [3.63, 3.8) is 0 Å². The SMILES string of the molecule is CC(C)C(N)C(=O)N1CCCC1C(=O)NC(C(=O)N1CCCC1C(=O)NC(CC(=O)C1CCn2c(nnc2C(F)(F)P)C1)Cc1cc(F)c(F)cc1F)C(C)C. The Morgan fingerprint density at radius 1 is 0.839 bits per heavy atom. The number of aromatic nitrogens is 3. The van der Waals surface area contributed by atoms with Crippen LogP contribution in [0.1, 0.15) is 83.4 Å². The van der Waals surface area contributed by atoms with Crippen LogP contribution in [0.4, 0.5) is 22.0 Å². The summed E-state index contributed by atoms with van der Waals surface area (Å²) in [7, 11) is 1.40. The van der Waals surface area contributed by atoms with Crippen molar-refractivity contribution < 1.29 is 45.9 Å². The van der Waals surface area contributed by atoms with E-state index >= 15 is 0 Å². The highest BCUT2D eigenvalue weighted by Crippen LogP contribution is 2.36. The van der Waals surface area contributed by atoms with Gasteiger partial charge in [-0.3, -0.25) is 24.0 Å². The third-order valence-corrected chi connectivity index (χ3v) is 11.2. The van der Waals surface area contributed by atoms with Crippen molar-refractivity contribution in [2.24, 2.45) is 23.5 Å². The number of nitrogens with two attached hydrogens (primary N) is 1. The van der Waals surface area contributed by atoms with Crippen molar-refractivity contribution in [2.45, 2.75) is 121 Å². The van der Waals surface area contributed by atoms with Gasteiger partial charge in [-0.15, -0.1) is 10.2 Å². The Bertz CT molecular complexity index is 1820. The molecule has 308 valence electrons. The van der Waals surface area contributed by atoms with Crippen LogP contribution in [0.15, 0.2) is 12.1 Å². The molecule has 2 fully saturated rings. The number of alkyl halides is 2. The number of hydrogen-bond donors (Lipinski definition) is 3. The molecule has 1 aromatic heterocycles. The van der Waals surface area contributed by atoms with Gasteiger partial charge >= 0.3 is 5.66 Å². The largest absolute Gasteiger partial charge is 0.351 e. The lowest BCUT2D eigenvalue weighted by molar-refractivity contribution is -0.144. The van der Waals surface area contributed by atoms with Gasteiger partial charge in [-0.25, -0.2) is 13.2 Å². The molecule has 0 saturated carbocycles. The van der Waals surface area contributed by atoms with Crippen LogP contribution in [0.2, 0.25) is 0 Å². The summed E-state index contributed by atoms with van der Waals surface area (Å²) >= 11 is 0. The maximum atomic E-state index is 14.9. The van der Waals surface area contributed by atoms with Gasteiger partial charge in [0.15, 0.2) is 11.6 Å². The van der Waals surface area contributed by atoms with Crippen molar-refractivity contribution in [3.05, 3.63) is 46.8 Å². The van der Waals surface area contributed by atoms with Crippen LogP contribution in [0.25, 0.3) is 0 Å². The van der Waals surface area contributed by atoms with Crippen molar-refractivity contribution in [1.82, 2.24) is 35.2 Å². The van der Waals surface area contributed by atoms with E-state index in [4.69, 9.17) is 5.73 Å². The van der Waals surface area contributed by atoms with Crippen LogP contribution in [0.3, 0.4) is 0 Å². The third kappa shape index (κ3) is 9.55. The topological polar surface area (TPSA) is 173 Å². The smallest absolute Gasteiger partial charge is 0.317 e. The number of benzene rings is 1. The molecule has 3 aliphatic heterocycles. The van der Waals surface area contributed by atoms with Crippen LogP contribution in [0, 0.1) is 35.2 Å². The summed E-state index contributed by atoms with van der Waals surface area (Å²) in [6.07, 6.45) is 0.997. The second-order valence-electron chi connectivity index (χ2n) is 15.7. The zero-order valence-electron chi connectivity index (χ0n) is 31.9. The number of likely N-dealkylation sites (tertiary alicyclic amines) is 2. The molecule has 4 N–H and O–H groups in total. The molecule has 3 aliphatic rings. The van der Waals surface area contributed by atoms with Gasteiger partial charge < -0.3 is 30.7 Å². The second-order valence-corrected chi connectivity index (χ2v) is 16.4. The van der Waals surface area contributed by atoms with Crippen molar-refractivity contribution in [1.29, 1.82) is 0 Å². The maximum Gasteiger partial charge on any atom is 0.317 e. The Kier molecular flexibility index (Phi) is 13.6. The number of nitrogens with zero attached hydrogens (tertiary/aromatic N) is 5. The highest BCUT2D eigenvalue weighted by molar-refractivity contribution is 7.17. The predicted molar refractivity (Wildman–Crippen MR) is 196 cm³/mol. The molecular formula is C37H50F5N8O5P. The van der Waals surface area contributed by atoms with Crippen molar-refractivity contribution in [2.75, 3.05) is 13.1 Å². The summed E-state index contributed by atoms with van der Waals surface area (Å²) in [5.74, 6) is -7.93. The van der Waals surface area contributed by atoms with E-state index in [-0.39, 0.29) is 62.0 Å². The van der Waals surface area contributed by atoms with Crippen LogP contribution in [-0.2, 0) is 49.0 Å². The number of nitrogens with one attached hydrogen (secondary N) is 2. The minimum Gasteiger partial charge on any atom is -0.351 e. The Balaban J connectivity index is 1.31. The molecule has 2 saturated heterocycles. The fourth-order valence-corrected chi connectivity index (χ4v) is 7.95. The summed E-state index contributed by atoms with van der Waals surface area (Å²) in [5, 5.41) is 13.0. The average molecular weight is 813 g/mol. The van der Waals surface area contributed by atoms with E-state index in [1.165, 1.54) is 23.6 Å². The molecule has 2 aromatic rings. The van der Waals surface area contributed by atoms with Gasteiger partial charge in [0, 0.05) is 50.5 Å². The summed E-state index contributed by atoms with van der Waals surface area (Å²) in [6, 6.07) is -3.82. The van der Waals surface area contributed by atoms with E-state index in [0.29, 0.717) is 37.9 Å². The Morgan fingerprint density at radius 2 is 1.43 bits per heavy atom. The third-order valence-electron chi connectivity index (χ3n) is 11.0. The minimum absolute atomic E-state index is 0.0166. The van der Waals surface area contributed by atoms with Gasteiger partial charge in [0.25, 0.3) is 0 Å². The summed E-state index contributed by atoms with van der Waals surface area (Å²) in [5.41, 5.74) is 2.47. The van der Waals surface area contributed by atoms with Crippen LogP contribution < -0.4 is 16.4 Å². The van der Waals surface area contributed by atoms with Gasteiger partial charge in [-0.1, -0.05) is 36.9 Å². The van der Waals surface area contributed by atoms with Crippen LogP contribution >= 0.6 is 9.24 Å². The molecule has 19 heteroatoms. The molecule has 7 atom stereocenters. The number of ketones is 1. The quantitative estimate of drug-likeness (QED) is 0.149. The number of rotatable bonds is 14. The first-order valence-electron chi connectivity index (χ1n) is 19.0. The fraction of sp³-hybridized carbons (Fsp3) is 0.649. The van der Waals surface area contributed by atoms with E-state index in [0.717, 1.165) is 0 Å². The predicted octanol–water partition coefficient (Wildman–Crippen LogP) is 2.98. The summed E-state index contributed by atoms with van der Waals surface area (Å²) < 4.78 is 72.2. The van der Waals surface area contributed by atoms with Gasteiger partial charge in [0.1, 0.15) is 35.6 Å². The molecule has 4 amide bonds. The Morgan fingerprint density at radius 3 is 2.02 bits per heavy atom. The molecule has 0 bridgehead atoms. The van der Waals surface area contributed by atoms with E-state index in [9.17, 15) is 45.9 Å². The van der Waals surface area contributed by atoms with Crippen molar-refractivity contribution in [3.8, 4) is 0 Å². The van der Waals surface area contributed by atoms with E-state index in [1.54, 1.807) is 13.8 Å². The normalized spacial score (nSPS) is 21.6. The number of halogens is 5. The first-order valence-corrected chi connectivity index (χ1v) is 19.6. The van der Waals surface area contributed by atoms with E-state index in [2.05, 4.69) is 20.8 Å². The lowest BCUT2D eigenvalue weighted by atomic mass is 9.88. The zero-order valence-corrected chi connectivity index (χ0v) is 33.0. The van der Waals surface area contributed by atoms with Gasteiger partial charge in [0.05, 0.1) is 6.04 Å². The molecule has 56 heavy (non-hydrogen) atoms. The fourth-order valence-electron chi connectivity index (χ4n) is 7.74. The summed E-state index contributed by atoms with van der Waals surface area (Å²) in [4.78, 5) is 71.2. The number of hydrogen-bond acceptors (Lipinski definition) is 8. The maximum absolute atomic E-state index is 14.9. The van der Waals surface area contributed by atoms with Gasteiger partial charge in [0.2, 0.25) is 29.5 Å². The monoisotopic (exact) mass is 812 g/mol. The standard InChI is InChI=1S/C37H50F5N8O5P/c1-18(2)30(43)34(54)48-10-5-8-27(48)33(53)45-31(19(3)4)35(55)49-11-6-7-26(49)32(52)44-22(13-21-14-24(39)25(40)17-23(21)38)16-28(51)20-9-12-50-29(15-20)46-47-36(50)37(41,42)56/h14,17-20,22,26-27,30-31H,5-13,15-16,43,56H2,1-4H3,(H,44,52)(H,45,53). The average Bonchev–Trinajstić information content (AvgIpc) is 3.91. The summed E-state index contributed by atoms with van der Waals surface area (Å²) in [6.45, 7) is 7.65. The lowest BCUT2D eigenvalue weighted by Gasteiger charge is -2.33. The molecule has 0 aliphatic carbocycles. The molecule has 1 aromatic carbocycles. The van der Waals surface area contributed by atoms with Crippen LogP contribution in [-0.4, -0.2) is 97.3 Å². The molecule has 0 radical (unpaired) electrons. The Hall–Kier alpha value is -4.05. The zero-order chi connectivity index (χ0) is 41.2. The molecule has 7 unspecified atom stereocenters. The lowest BCUT2D eigenvalue weighted by Crippen LogP contribution is -2.59. The van der Waals surface area contributed by atoms with E-state index < -0.39 is 101 Å². The highest BCUT2D eigenvalue weighted by Gasteiger charge is 2.43. The first kappa shape index (κ1) is 43.1.